The van der Waals surface area contributed by atoms with Gasteiger partial charge in [0.15, 0.2) is 11.5 Å². The van der Waals surface area contributed by atoms with Crippen LogP contribution in [0.15, 0.2) is 18.2 Å². The van der Waals surface area contributed by atoms with Crippen molar-refractivity contribution in [3.63, 3.8) is 0 Å². The van der Waals surface area contributed by atoms with E-state index in [0.29, 0.717) is 30.6 Å². The predicted molar refractivity (Wildman–Crippen MR) is 97.0 cm³/mol. The molecule has 0 N–H and O–H groups in total. The molecule has 1 amide bonds. The molecule has 4 heteroatoms. The number of ether oxygens (including phenoxy) is 2. The minimum absolute atomic E-state index is 0.104. The van der Waals surface area contributed by atoms with Crippen LogP contribution in [-0.2, 0) is 0 Å². The van der Waals surface area contributed by atoms with Crippen LogP contribution in [0.1, 0.15) is 69.7 Å². The highest BCUT2D eigenvalue weighted by molar-refractivity contribution is 5.95. The van der Waals surface area contributed by atoms with Gasteiger partial charge in [0.05, 0.1) is 13.2 Å². The quantitative estimate of drug-likeness (QED) is 0.694. The number of benzene rings is 1. The fraction of sp³-hybridized carbons (Fsp3) is 0.650. The van der Waals surface area contributed by atoms with Crippen molar-refractivity contribution >= 4 is 5.91 Å². The van der Waals surface area contributed by atoms with Crippen LogP contribution in [0.4, 0.5) is 0 Å². The van der Waals surface area contributed by atoms with Crippen LogP contribution in [0.3, 0.4) is 0 Å². The van der Waals surface area contributed by atoms with E-state index in [1.807, 2.05) is 30.0 Å². The van der Waals surface area contributed by atoms with Gasteiger partial charge in [-0.05, 0) is 51.3 Å². The third kappa shape index (κ3) is 4.65. The molecule has 1 aromatic rings. The Morgan fingerprint density at radius 2 is 1.83 bits per heavy atom. The first-order chi connectivity index (χ1) is 11.7. The van der Waals surface area contributed by atoms with Gasteiger partial charge in [-0.2, -0.15) is 0 Å². The van der Waals surface area contributed by atoms with Gasteiger partial charge >= 0.3 is 0 Å². The first-order valence-electron chi connectivity index (χ1n) is 9.41. The van der Waals surface area contributed by atoms with E-state index < -0.39 is 0 Å². The molecule has 0 radical (unpaired) electrons. The van der Waals surface area contributed by atoms with Crippen molar-refractivity contribution in [3.05, 3.63) is 23.8 Å². The number of hydrogen-bond donors (Lipinski definition) is 0. The largest absolute Gasteiger partial charge is 0.490 e. The number of nitrogens with zero attached hydrogens (tertiary/aromatic N) is 1. The molecule has 0 aromatic heterocycles. The molecule has 0 saturated heterocycles. The number of carbonyl (C=O) groups excluding carboxylic acids is 1. The van der Waals surface area contributed by atoms with Gasteiger partial charge in [0, 0.05) is 18.2 Å². The zero-order valence-corrected chi connectivity index (χ0v) is 15.3. The second kappa shape index (κ2) is 9.55. The Hall–Kier alpha value is -1.71. The van der Waals surface area contributed by atoms with Crippen molar-refractivity contribution in [1.29, 1.82) is 0 Å². The SMILES string of the molecule is CCCOc1ccc(C(=O)N(CC)C2CCCCC2)cc1OCC. The molecule has 1 aliphatic carbocycles. The summed E-state index contributed by atoms with van der Waals surface area (Å²) in [6, 6.07) is 5.94. The third-order valence-corrected chi connectivity index (χ3v) is 4.57. The lowest BCUT2D eigenvalue weighted by atomic mass is 9.93. The summed E-state index contributed by atoms with van der Waals surface area (Å²) < 4.78 is 11.4. The lowest BCUT2D eigenvalue weighted by molar-refractivity contribution is 0.0647. The van der Waals surface area contributed by atoms with E-state index in [9.17, 15) is 4.79 Å². The minimum atomic E-state index is 0.104. The summed E-state index contributed by atoms with van der Waals surface area (Å²) in [5.74, 6) is 1.49. The van der Waals surface area contributed by atoms with E-state index in [0.717, 1.165) is 31.6 Å². The Kier molecular flexibility index (Phi) is 7.41. The summed E-state index contributed by atoms with van der Waals surface area (Å²) in [7, 11) is 0. The second-order valence-electron chi connectivity index (χ2n) is 6.33. The van der Waals surface area contributed by atoms with E-state index in [1.165, 1.54) is 19.3 Å². The summed E-state index contributed by atoms with van der Waals surface area (Å²) in [5, 5.41) is 0. The minimum Gasteiger partial charge on any atom is -0.490 e. The Bertz CT molecular complexity index is 524. The fourth-order valence-electron chi connectivity index (χ4n) is 3.37. The predicted octanol–water partition coefficient (Wildman–Crippen LogP) is 4.67. The zero-order chi connectivity index (χ0) is 17.4. The Balaban J connectivity index is 2.18. The summed E-state index contributed by atoms with van der Waals surface area (Å²) in [6.45, 7) is 8.03. The number of hydrogen-bond acceptors (Lipinski definition) is 3. The van der Waals surface area contributed by atoms with Gasteiger partial charge in [0.25, 0.3) is 5.91 Å². The molecular weight excluding hydrogens is 302 g/mol. The van der Waals surface area contributed by atoms with Crippen LogP contribution in [0.25, 0.3) is 0 Å². The van der Waals surface area contributed by atoms with Crippen molar-refractivity contribution in [3.8, 4) is 11.5 Å². The average molecular weight is 333 g/mol. The molecule has 0 unspecified atom stereocenters. The summed E-state index contributed by atoms with van der Waals surface area (Å²) in [6.07, 6.45) is 6.92. The highest BCUT2D eigenvalue weighted by atomic mass is 16.5. The molecule has 0 bridgehead atoms. The normalized spacial score (nSPS) is 15.1. The molecular formula is C20H31NO3. The maximum absolute atomic E-state index is 13.0. The van der Waals surface area contributed by atoms with Gasteiger partial charge in [0.1, 0.15) is 0 Å². The first-order valence-corrected chi connectivity index (χ1v) is 9.41. The van der Waals surface area contributed by atoms with Crippen LogP contribution < -0.4 is 9.47 Å². The summed E-state index contributed by atoms with van der Waals surface area (Å²) >= 11 is 0. The van der Waals surface area contributed by atoms with Crippen LogP contribution in [0, 0.1) is 0 Å². The molecule has 134 valence electrons. The smallest absolute Gasteiger partial charge is 0.254 e. The molecule has 1 fully saturated rings. The van der Waals surface area contributed by atoms with Gasteiger partial charge in [-0.25, -0.2) is 0 Å². The molecule has 0 atom stereocenters. The van der Waals surface area contributed by atoms with E-state index in [-0.39, 0.29) is 5.91 Å². The molecule has 4 nitrogen and oxygen atoms in total. The van der Waals surface area contributed by atoms with E-state index in [2.05, 4.69) is 13.8 Å². The maximum Gasteiger partial charge on any atom is 0.254 e. The standard InChI is InChI=1S/C20H31NO3/c1-4-14-24-18-13-12-16(15-19(18)23-6-3)20(22)21(5-2)17-10-8-7-9-11-17/h12-13,15,17H,4-11,14H2,1-3H3. The highest BCUT2D eigenvalue weighted by Crippen LogP contribution is 2.30. The van der Waals surface area contributed by atoms with Crippen LogP contribution in [-0.4, -0.2) is 36.6 Å². The maximum atomic E-state index is 13.0. The number of rotatable bonds is 8. The summed E-state index contributed by atoms with van der Waals surface area (Å²) in [4.78, 5) is 15.0. The Morgan fingerprint density at radius 1 is 1.08 bits per heavy atom. The second-order valence-corrected chi connectivity index (χ2v) is 6.33. The third-order valence-electron chi connectivity index (χ3n) is 4.57. The molecule has 2 rings (SSSR count). The Labute approximate surface area is 146 Å². The van der Waals surface area contributed by atoms with Crippen molar-refractivity contribution in [2.24, 2.45) is 0 Å². The molecule has 1 saturated carbocycles. The molecule has 1 aromatic carbocycles. The molecule has 0 heterocycles. The van der Waals surface area contributed by atoms with E-state index in [1.54, 1.807) is 0 Å². The van der Waals surface area contributed by atoms with Crippen LogP contribution in [0.5, 0.6) is 11.5 Å². The highest BCUT2D eigenvalue weighted by Gasteiger charge is 2.25. The van der Waals surface area contributed by atoms with Crippen molar-refractivity contribution in [1.82, 2.24) is 4.90 Å². The van der Waals surface area contributed by atoms with Gasteiger partial charge in [-0.3, -0.25) is 4.79 Å². The molecule has 1 aliphatic rings. The Morgan fingerprint density at radius 3 is 2.46 bits per heavy atom. The van der Waals surface area contributed by atoms with Gasteiger partial charge in [-0.15, -0.1) is 0 Å². The zero-order valence-electron chi connectivity index (χ0n) is 15.3. The lowest BCUT2D eigenvalue weighted by Gasteiger charge is -2.33. The van der Waals surface area contributed by atoms with Gasteiger partial charge in [-0.1, -0.05) is 26.2 Å². The number of carbonyl (C=O) groups is 1. The fourth-order valence-corrected chi connectivity index (χ4v) is 3.37. The van der Waals surface area contributed by atoms with Crippen molar-refractivity contribution < 1.29 is 14.3 Å². The van der Waals surface area contributed by atoms with Crippen LogP contribution in [0.2, 0.25) is 0 Å². The molecule has 0 aliphatic heterocycles. The summed E-state index contributed by atoms with van der Waals surface area (Å²) in [5.41, 5.74) is 0.690. The average Bonchev–Trinajstić information content (AvgIpc) is 2.62. The van der Waals surface area contributed by atoms with Crippen LogP contribution >= 0.6 is 0 Å². The van der Waals surface area contributed by atoms with Gasteiger partial charge < -0.3 is 14.4 Å². The van der Waals surface area contributed by atoms with Crippen molar-refractivity contribution in [2.45, 2.75) is 65.3 Å². The monoisotopic (exact) mass is 333 g/mol. The number of amides is 1. The lowest BCUT2D eigenvalue weighted by Crippen LogP contribution is -2.41. The molecule has 24 heavy (non-hydrogen) atoms. The topological polar surface area (TPSA) is 38.8 Å². The van der Waals surface area contributed by atoms with Crippen molar-refractivity contribution in [2.75, 3.05) is 19.8 Å². The van der Waals surface area contributed by atoms with E-state index >= 15 is 0 Å². The first kappa shape index (κ1) is 18.6. The van der Waals surface area contributed by atoms with E-state index in [4.69, 9.17) is 9.47 Å². The molecule has 0 spiro atoms. The van der Waals surface area contributed by atoms with Gasteiger partial charge in [0.2, 0.25) is 0 Å².